The SMILES string of the molecule is Cc1nc(C)c(Cc2cccc(F)c2)c(N2CCN(C(=O)c3ccc(C)c([N+](=O)[O-])c3)CC2)n1. The van der Waals surface area contributed by atoms with E-state index in [-0.39, 0.29) is 17.4 Å². The van der Waals surface area contributed by atoms with E-state index < -0.39 is 4.92 Å². The Balaban J connectivity index is 1.53. The molecule has 1 aromatic heterocycles. The van der Waals surface area contributed by atoms with Crippen molar-refractivity contribution in [2.24, 2.45) is 0 Å². The fraction of sp³-hybridized carbons (Fsp3) is 0.320. The van der Waals surface area contributed by atoms with Crippen LogP contribution >= 0.6 is 0 Å². The molecule has 4 rings (SSSR count). The minimum absolute atomic E-state index is 0.0570. The Hall–Kier alpha value is -3.88. The van der Waals surface area contributed by atoms with Crippen LogP contribution in [0.1, 0.15) is 38.6 Å². The molecule has 2 aromatic carbocycles. The number of aromatic nitrogens is 2. The number of hydrogen-bond acceptors (Lipinski definition) is 6. The zero-order valence-electron chi connectivity index (χ0n) is 19.4. The van der Waals surface area contributed by atoms with Crippen LogP contribution in [0.15, 0.2) is 42.5 Å². The molecule has 1 aliphatic rings. The highest BCUT2D eigenvalue weighted by atomic mass is 19.1. The van der Waals surface area contributed by atoms with Crippen LogP contribution in [-0.4, -0.2) is 51.9 Å². The summed E-state index contributed by atoms with van der Waals surface area (Å²) in [6.07, 6.45) is 0.505. The number of rotatable bonds is 5. The topological polar surface area (TPSA) is 92.5 Å². The Labute approximate surface area is 197 Å². The first kappa shape index (κ1) is 23.3. The average molecular weight is 464 g/mol. The second-order valence-corrected chi connectivity index (χ2v) is 8.50. The van der Waals surface area contributed by atoms with Crippen LogP contribution in [-0.2, 0) is 6.42 Å². The Morgan fingerprint density at radius 2 is 1.79 bits per heavy atom. The minimum Gasteiger partial charge on any atom is -0.353 e. The van der Waals surface area contributed by atoms with Crippen LogP contribution in [0.2, 0.25) is 0 Å². The number of nitro benzene ring substituents is 1. The number of carbonyl (C=O) groups excluding carboxylic acids is 1. The van der Waals surface area contributed by atoms with Gasteiger partial charge in [0.2, 0.25) is 0 Å². The van der Waals surface area contributed by atoms with E-state index in [4.69, 9.17) is 0 Å². The number of anilines is 1. The van der Waals surface area contributed by atoms with Crippen molar-refractivity contribution in [3.05, 3.63) is 92.2 Å². The summed E-state index contributed by atoms with van der Waals surface area (Å²) < 4.78 is 13.7. The standard InChI is InChI=1S/C25H26FN5O3/c1-16-7-8-20(15-23(16)31(33)34)25(32)30-11-9-29(10-12-30)24-22(17(2)27-18(3)28-24)14-19-5-4-6-21(26)13-19/h4-8,13,15H,9-12,14H2,1-3H3. The largest absolute Gasteiger partial charge is 0.353 e. The highest BCUT2D eigenvalue weighted by molar-refractivity contribution is 5.95. The van der Waals surface area contributed by atoms with Gasteiger partial charge in [0.1, 0.15) is 17.5 Å². The van der Waals surface area contributed by atoms with E-state index in [9.17, 15) is 19.3 Å². The molecule has 0 saturated carbocycles. The third-order valence-electron chi connectivity index (χ3n) is 6.09. The zero-order valence-corrected chi connectivity index (χ0v) is 19.4. The molecule has 1 fully saturated rings. The van der Waals surface area contributed by atoms with Crippen LogP contribution in [0, 0.1) is 36.7 Å². The average Bonchev–Trinajstić information content (AvgIpc) is 2.80. The maximum absolute atomic E-state index is 13.7. The molecule has 0 radical (unpaired) electrons. The van der Waals surface area contributed by atoms with Gasteiger partial charge in [0.25, 0.3) is 11.6 Å². The van der Waals surface area contributed by atoms with Gasteiger partial charge in [-0.05, 0) is 44.5 Å². The summed E-state index contributed by atoms with van der Waals surface area (Å²) in [5.41, 5.74) is 3.39. The highest BCUT2D eigenvalue weighted by Gasteiger charge is 2.26. The molecular formula is C25H26FN5O3. The monoisotopic (exact) mass is 463 g/mol. The molecule has 0 bridgehead atoms. The molecule has 2 heterocycles. The van der Waals surface area contributed by atoms with E-state index in [2.05, 4.69) is 14.9 Å². The summed E-state index contributed by atoms with van der Waals surface area (Å²) in [4.78, 5) is 36.8. The lowest BCUT2D eigenvalue weighted by atomic mass is 10.0. The lowest BCUT2D eigenvalue weighted by Gasteiger charge is -2.36. The number of aryl methyl sites for hydroxylation is 3. The van der Waals surface area contributed by atoms with Crippen LogP contribution in [0.3, 0.4) is 0 Å². The predicted octanol–water partition coefficient (Wildman–Crippen LogP) is 4.00. The van der Waals surface area contributed by atoms with Crippen molar-refractivity contribution in [3.8, 4) is 0 Å². The van der Waals surface area contributed by atoms with Crippen LogP contribution in [0.25, 0.3) is 0 Å². The molecule has 1 saturated heterocycles. The van der Waals surface area contributed by atoms with Gasteiger partial charge in [0.15, 0.2) is 0 Å². The number of nitrogens with zero attached hydrogens (tertiary/aromatic N) is 5. The van der Waals surface area contributed by atoms with E-state index in [0.717, 1.165) is 22.6 Å². The summed E-state index contributed by atoms with van der Waals surface area (Å²) >= 11 is 0. The maximum atomic E-state index is 13.7. The highest BCUT2D eigenvalue weighted by Crippen LogP contribution is 2.26. The molecule has 176 valence electrons. The minimum atomic E-state index is -0.468. The van der Waals surface area contributed by atoms with Crippen LogP contribution in [0.5, 0.6) is 0 Å². The lowest BCUT2D eigenvalue weighted by Crippen LogP contribution is -2.49. The van der Waals surface area contributed by atoms with Gasteiger partial charge in [-0.3, -0.25) is 14.9 Å². The second-order valence-electron chi connectivity index (χ2n) is 8.50. The molecule has 34 heavy (non-hydrogen) atoms. The number of benzene rings is 2. The maximum Gasteiger partial charge on any atom is 0.273 e. The molecular weight excluding hydrogens is 437 g/mol. The van der Waals surface area contributed by atoms with Gasteiger partial charge in [0.05, 0.1) is 4.92 Å². The summed E-state index contributed by atoms with van der Waals surface area (Å²) in [5.74, 6) is 0.944. The van der Waals surface area contributed by atoms with E-state index in [0.29, 0.717) is 49.6 Å². The van der Waals surface area contributed by atoms with Crippen molar-refractivity contribution in [2.75, 3.05) is 31.1 Å². The Morgan fingerprint density at radius 3 is 2.47 bits per heavy atom. The Kier molecular flexibility index (Phi) is 6.54. The first-order valence-electron chi connectivity index (χ1n) is 11.1. The number of piperazine rings is 1. The molecule has 0 atom stereocenters. The number of nitro groups is 1. The van der Waals surface area contributed by atoms with Gasteiger partial charge in [0, 0.05) is 61.1 Å². The van der Waals surface area contributed by atoms with E-state index in [1.54, 1.807) is 30.0 Å². The fourth-order valence-corrected chi connectivity index (χ4v) is 4.28. The van der Waals surface area contributed by atoms with Gasteiger partial charge < -0.3 is 9.80 Å². The van der Waals surface area contributed by atoms with Crippen molar-refractivity contribution >= 4 is 17.4 Å². The third kappa shape index (κ3) is 4.88. The van der Waals surface area contributed by atoms with Crippen molar-refractivity contribution in [3.63, 3.8) is 0 Å². The zero-order chi connectivity index (χ0) is 24.4. The van der Waals surface area contributed by atoms with Gasteiger partial charge in [-0.25, -0.2) is 14.4 Å². The predicted molar refractivity (Wildman–Crippen MR) is 127 cm³/mol. The molecule has 0 unspecified atom stereocenters. The smallest absolute Gasteiger partial charge is 0.273 e. The Morgan fingerprint density at radius 1 is 1.06 bits per heavy atom. The van der Waals surface area contributed by atoms with E-state index in [1.165, 1.54) is 18.2 Å². The van der Waals surface area contributed by atoms with Crippen molar-refractivity contribution in [1.82, 2.24) is 14.9 Å². The van der Waals surface area contributed by atoms with Gasteiger partial charge >= 0.3 is 0 Å². The summed E-state index contributed by atoms with van der Waals surface area (Å²) in [5, 5.41) is 11.3. The molecule has 8 nitrogen and oxygen atoms in total. The number of carbonyl (C=O) groups is 1. The first-order chi connectivity index (χ1) is 16.2. The molecule has 3 aromatic rings. The molecule has 0 spiro atoms. The molecule has 1 aliphatic heterocycles. The normalized spacial score (nSPS) is 13.8. The van der Waals surface area contributed by atoms with Gasteiger partial charge in [-0.2, -0.15) is 0 Å². The van der Waals surface area contributed by atoms with Gasteiger partial charge in [-0.15, -0.1) is 0 Å². The number of hydrogen-bond donors (Lipinski definition) is 0. The quantitative estimate of drug-likeness (QED) is 0.419. The molecule has 1 amide bonds. The Bertz CT molecular complexity index is 1260. The molecule has 0 N–H and O–H groups in total. The van der Waals surface area contributed by atoms with E-state index >= 15 is 0 Å². The van der Waals surface area contributed by atoms with Crippen molar-refractivity contribution < 1.29 is 14.1 Å². The second kappa shape index (κ2) is 9.54. The summed E-state index contributed by atoms with van der Waals surface area (Å²) in [6, 6.07) is 11.1. The first-order valence-corrected chi connectivity index (χ1v) is 11.1. The number of amides is 1. The van der Waals surface area contributed by atoms with Gasteiger partial charge in [-0.1, -0.05) is 18.2 Å². The lowest BCUT2D eigenvalue weighted by molar-refractivity contribution is -0.385. The van der Waals surface area contributed by atoms with Crippen molar-refractivity contribution in [2.45, 2.75) is 27.2 Å². The van der Waals surface area contributed by atoms with Crippen LogP contribution < -0.4 is 4.90 Å². The third-order valence-corrected chi connectivity index (χ3v) is 6.09. The summed E-state index contributed by atoms with van der Waals surface area (Å²) in [6.45, 7) is 7.46. The van der Waals surface area contributed by atoms with Crippen LogP contribution in [0.4, 0.5) is 15.9 Å². The number of halogens is 1. The molecule has 0 aliphatic carbocycles. The van der Waals surface area contributed by atoms with E-state index in [1.807, 2.05) is 19.9 Å². The molecule has 9 heteroatoms. The fourth-order valence-electron chi connectivity index (χ4n) is 4.28. The van der Waals surface area contributed by atoms with Crippen molar-refractivity contribution in [1.29, 1.82) is 0 Å². The summed E-state index contributed by atoms with van der Waals surface area (Å²) in [7, 11) is 0.